The predicted molar refractivity (Wildman–Crippen MR) is 90.2 cm³/mol. The molecule has 0 N–H and O–H groups in total. The molecule has 1 aliphatic carbocycles. The lowest BCUT2D eigenvalue weighted by atomic mass is 9.88. The maximum Gasteiger partial charge on any atom is 0.169 e. The van der Waals surface area contributed by atoms with Gasteiger partial charge in [-0.1, -0.05) is 24.3 Å². The van der Waals surface area contributed by atoms with Crippen LogP contribution in [0, 0.1) is 12.8 Å². The summed E-state index contributed by atoms with van der Waals surface area (Å²) >= 11 is 1.84. The van der Waals surface area contributed by atoms with Crippen LogP contribution in [0.2, 0.25) is 0 Å². The predicted octanol–water partition coefficient (Wildman–Crippen LogP) is 5.00. The molecule has 1 aromatic heterocycles. The Morgan fingerprint density at radius 3 is 2.59 bits per heavy atom. The van der Waals surface area contributed by atoms with E-state index in [-0.39, 0.29) is 17.6 Å². The smallest absolute Gasteiger partial charge is 0.169 e. The van der Waals surface area contributed by atoms with Crippen LogP contribution in [0.5, 0.6) is 0 Å². The zero-order chi connectivity index (χ0) is 15.5. The molecule has 0 amide bonds. The zero-order valence-corrected chi connectivity index (χ0v) is 13.7. The van der Waals surface area contributed by atoms with Crippen molar-refractivity contribution in [1.82, 2.24) is 0 Å². The van der Waals surface area contributed by atoms with Crippen LogP contribution < -0.4 is 0 Å². The van der Waals surface area contributed by atoms with Crippen molar-refractivity contribution in [1.29, 1.82) is 0 Å². The molecule has 0 saturated carbocycles. The number of benzene rings is 1. The molecule has 2 nitrogen and oxygen atoms in total. The van der Waals surface area contributed by atoms with Crippen LogP contribution in [0.15, 0.2) is 63.6 Å². The third kappa shape index (κ3) is 3.05. The monoisotopic (exact) mass is 312 g/mol. The summed E-state index contributed by atoms with van der Waals surface area (Å²) < 4.78 is 5.60. The van der Waals surface area contributed by atoms with Crippen molar-refractivity contribution in [2.75, 3.05) is 5.75 Å². The van der Waals surface area contributed by atoms with E-state index in [0.717, 1.165) is 29.1 Å². The number of thioether (sulfide) groups is 1. The Balaban J connectivity index is 1.68. The van der Waals surface area contributed by atoms with Crippen molar-refractivity contribution in [2.45, 2.75) is 31.1 Å². The van der Waals surface area contributed by atoms with Crippen LogP contribution in [-0.4, -0.2) is 11.5 Å². The van der Waals surface area contributed by atoms with E-state index in [9.17, 15) is 4.79 Å². The second-order valence-corrected chi connectivity index (χ2v) is 6.94. The number of ketones is 1. The minimum Gasteiger partial charge on any atom is -0.468 e. The first-order valence-corrected chi connectivity index (χ1v) is 8.60. The van der Waals surface area contributed by atoms with Crippen LogP contribution in [0.4, 0.5) is 0 Å². The van der Waals surface area contributed by atoms with Gasteiger partial charge in [-0.25, -0.2) is 0 Å². The van der Waals surface area contributed by atoms with Crippen molar-refractivity contribution < 1.29 is 9.21 Å². The molecule has 114 valence electrons. The number of Topliss-reactive ketones (excluding diaryl/α,β-unsaturated/α-hetero) is 1. The topological polar surface area (TPSA) is 30.2 Å². The lowest BCUT2D eigenvalue weighted by molar-refractivity contribution is -0.117. The molecule has 22 heavy (non-hydrogen) atoms. The SMILES string of the molecule is CC1=C[C@@H](CCSc2ccccc2)[C@H](c2occc2C)C1=O. The van der Waals surface area contributed by atoms with Gasteiger partial charge in [0, 0.05) is 4.90 Å². The van der Waals surface area contributed by atoms with Gasteiger partial charge < -0.3 is 4.42 Å². The second-order valence-electron chi connectivity index (χ2n) is 5.77. The average molecular weight is 312 g/mol. The first-order valence-electron chi connectivity index (χ1n) is 7.61. The maximum atomic E-state index is 12.5. The third-order valence-electron chi connectivity index (χ3n) is 4.21. The van der Waals surface area contributed by atoms with Gasteiger partial charge in [0.05, 0.1) is 12.2 Å². The van der Waals surface area contributed by atoms with Crippen molar-refractivity contribution in [3.8, 4) is 0 Å². The Labute approximate surface area is 135 Å². The summed E-state index contributed by atoms with van der Waals surface area (Å²) in [5.74, 6) is 2.17. The number of furan rings is 1. The highest BCUT2D eigenvalue weighted by molar-refractivity contribution is 7.99. The quantitative estimate of drug-likeness (QED) is 0.728. The first kappa shape index (κ1) is 15.2. The molecule has 1 heterocycles. The van der Waals surface area contributed by atoms with E-state index in [4.69, 9.17) is 4.42 Å². The Morgan fingerprint density at radius 1 is 1.14 bits per heavy atom. The van der Waals surface area contributed by atoms with Crippen molar-refractivity contribution in [3.63, 3.8) is 0 Å². The molecule has 2 atom stereocenters. The fourth-order valence-corrected chi connectivity index (χ4v) is 4.01. The summed E-state index contributed by atoms with van der Waals surface area (Å²) in [6, 6.07) is 12.3. The number of carbonyl (C=O) groups is 1. The van der Waals surface area contributed by atoms with E-state index < -0.39 is 0 Å². The molecule has 3 heteroatoms. The van der Waals surface area contributed by atoms with Crippen LogP contribution in [-0.2, 0) is 4.79 Å². The minimum absolute atomic E-state index is 0.133. The molecule has 0 radical (unpaired) electrons. The highest BCUT2D eigenvalue weighted by Gasteiger charge is 2.37. The molecular formula is C19H20O2S. The molecular weight excluding hydrogens is 292 g/mol. The van der Waals surface area contributed by atoms with E-state index >= 15 is 0 Å². The van der Waals surface area contributed by atoms with Crippen LogP contribution >= 0.6 is 11.8 Å². The van der Waals surface area contributed by atoms with Gasteiger partial charge in [0.15, 0.2) is 5.78 Å². The van der Waals surface area contributed by atoms with E-state index in [2.05, 4.69) is 30.3 Å². The minimum atomic E-state index is -0.133. The van der Waals surface area contributed by atoms with E-state index in [1.807, 2.05) is 37.7 Å². The summed E-state index contributed by atoms with van der Waals surface area (Å²) in [5, 5.41) is 0. The van der Waals surface area contributed by atoms with Crippen molar-refractivity contribution >= 4 is 17.5 Å². The molecule has 1 aromatic carbocycles. The van der Waals surface area contributed by atoms with Gasteiger partial charge in [-0.3, -0.25) is 4.79 Å². The summed E-state index contributed by atoms with van der Waals surface area (Å²) in [5.41, 5.74) is 1.94. The Hall–Kier alpha value is -1.74. The number of hydrogen-bond donors (Lipinski definition) is 0. The summed E-state index contributed by atoms with van der Waals surface area (Å²) in [4.78, 5) is 13.7. The first-order chi connectivity index (χ1) is 10.7. The van der Waals surface area contributed by atoms with E-state index in [1.54, 1.807) is 6.26 Å². The van der Waals surface area contributed by atoms with Crippen LogP contribution in [0.3, 0.4) is 0 Å². The van der Waals surface area contributed by atoms with Gasteiger partial charge in [-0.15, -0.1) is 11.8 Å². The second kappa shape index (κ2) is 6.57. The molecule has 3 rings (SSSR count). The molecule has 0 bridgehead atoms. The molecule has 0 fully saturated rings. The van der Waals surface area contributed by atoms with E-state index in [1.165, 1.54) is 4.90 Å². The highest BCUT2D eigenvalue weighted by atomic mass is 32.2. The summed E-state index contributed by atoms with van der Waals surface area (Å²) in [7, 11) is 0. The standard InChI is InChI=1S/C19H20O2S/c1-13-8-10-21-19(13)17-15(12-14(2)18(17)20)9-11-22-16-6-4-3-5-7-16/h3-8,10,12,15,17H,9,11H2,1-2H3/t15-,17+/m1/s1. The molecule has 0 aliphatic heterocycles. The van der Waals surface area contributed by atoms with E-state index in [0.29, 0.717) is 0 Å². The summed E-state index contributed by atoms with van der Waals surface area (Å²) in [6.45, 7) is 3.92. The number of rotatable bonds is 5. The van der Waals surface area contributed by atoms with Gasteiger partial charge >= 0.3 is 0 Å². The lowest BCUT2D eigenvalue weighted by Gasteiger charge is -2.17. The number of aryl methyl sites for hydroxylation is 1. The molecule has 0 saturated heterocycles. The lowest BCUT2D eigenvalue weighted by Crippen LogP contribution is -2.15. The highest BCUT2D eigenvalue weighted by Crippen LogP contribution is 2.40. The Kier molecular flexibility index (Phi) is 4.53. The van der Waals surface area contributed by atoms with Gasteiger partial charge in [-0.2, -0.15) is 0 Å². The summed E-state index contributed by atoms with van der Waals surface area (Å²) in [6.07, 6.45) is 4.79. The number of hydrogen-bond acceptors (Lipinski definition) is 3. The zero-order valence-electron chi connectivity index (χ0n) is 12.9. The van der Waals surface area contributed by atoms with Crippen molar-refractivity contribution in [2.24, 2.45) is 5.92 Å². The number of allylic oxidation sites excluding steroid dienone is 2. The molecule has 0 spiro atoms. The molecule has 0 unspecified atom stereocenters. The normalized spacial score (nSPS) is 21.2. The Bertz CT molecular complexity index is 684. The molecule has 1 aliphatic rings. The van der Waals surface area contributed by atoms with Gasteiger partial charge in [0.1, 0.15) is 5.76 Å². The van der Waals surface area contributed by atoms with Crippen LogP contribution in [0.25, 0.3) is 0 Å². The van der Waals surface area contributed by atoms with Crippen molar-refractivity contribution in [3.05, 3.63) is 65.6 Å². The average Bonchev–Trinajstić information content (AvgIpc) is 3.05. The van der Waals surface area contributed by atoms with Crippen LogP contribution in [0.1, 0.15) is 30.6 Å². The fraction of sp³-hybridized carbons (Fsp3) is 0.316. The maximum absolute atomic E-state index is 12.5. The number of carbonyl (C=O) groups excluding carboxylic acids is 1. The van der Waals surface area contributed by atoms with Gasteiger partial charge in [-0.05, 0) is 61.3 Å². The Morgan fingerprint density at radius 2 is 1.91 bits per heavy atom. The largest absolute Gasteiger partial charge is 0.468 e. The third-order valence-corrected chi connectivity index (χ3v) is 5.26. The van der Waals surface area contributed by atoms with Gasteiger partial charge in [0.25, 0.3) is 0 Å². The fourth-order valence-electron chi connectivity index (χ4n) is 3.04. The van der Waals surface area contributed by atoms with Gasteiger partial charge in [0.2, 0.25) is 0 Å². The molecule has 2 aromatic rings.